The van der Waals surface area contributed by atoms with E-state index in [1.165, 1.54) is 11.3 Å². The smallest absolute Gasteiger partial charge is 0.123 e. The molecule has 0 aliphatic carbocycles. The number of furan rings is 1. The Balaban J connectivity index is 2.13. The highest BCUT2D eigenvalue weighted by molar-refractivity contribution is 5.53. The van der Waals surface area contributed by atoms with Gasteiger partial charge in [0.15, 0.2) is 0 Å². The van der Waals surface area contributed by atoms with Gasteiger partial charge in [-0.3, -0.25) is 4.98 Å². The van der Waals surface area contributed by atoms with Crippen LogP contribution < -0.4 is 10.2 Å². The van der Waals surface area contributed by atoms with Crippen molar-refractivity contribution in [1.29, 1.82) is 0 Å². The van der Waals surface area contributed by atoms with Crippen LogP contribution in [-0.4, -0.2) is 18.6 Å². The van der Waals surface area contributed by atoms with Gasteiger partial charge in [-0.2, -0.15) is 0 Å². The van der Waals surface area contributed by atoms with Crippen molar-refractivity contribution < 1.29 is 4.42 Å². The van der Waals surface area contributed by atoms with Crippen molar-refractivity contribution in [3.63, 3.8) is 0 Å². The largest absolute Gasteiger partial charge is 0.464 e. The first-order valence-electron chi connectivity index (χ1n) is 7.53. The molecule has 2 rings (SSSR count). The molecule has 0 aliphatic heterocycles. The second kappa shape index (κ2) is 7.27. The fourth-order valence-electron chi connectivity index (χ4n) is 2.35. The van der Waals surface area contributed by atoms with E-state index < -0.39 is 0 Å². The topological polar surface area (TPSA) is 41.3 Å². The summed E-state index contributed by atoms with van der Waals surface area (Å²) in [6, 6.07) is 6.18. The summed E-state index contributed by atoms with van der Waals surface area (Å²) in [6.45, 7) is 8.80. The molecule has 0 amide bonds. The molecule has 114 valence electrons. The van der Waals surface area contributed by atoms with Gasteiger partial charge in [0, 0.05) is 36.7 Å². The van der Waals surface area contributed by atoms with E-state index in [9.17, 15) is 0 Å². The molecule has 0 saturated carbocycles. The Morgan fingerprint density at radius 1 is 1.29 bits per heavy atom. The molecule has 0 radical (unpaired) electrons. The van der Waals surface area contributed by atoms with Crippen LogP contribution in [0.1, 0.15) is 36.1 Å². The van der Waals surface area contributed by atoms with Crippen molar-refractivity contribution in [3.8, 4) is 0 Å². The Morgan fingerprint density at radius 3 is 2.76 bits per heavy atom. The molecule has 2 aromatic rings. The molecule has 0 bridgehead atoms. The number of aryl methyl sites for hydroxylation is 2. The summed E-state index contributed by atoms with van der Waals surface area (Å²) < 4.78 is 5.67. The van der Waals surface area contributed by atoms with Gasteiger partial charge >= 0.3 is 0 Å². The highest BCUT2D eigenvalue weighted by Gasteiger charge is 2.11. The zero-order chi connectivity index (χ0) is 15.2. The van der Waals surface area contributed by atoms with Crippen LogP contribution in [0.3, 0.4) is 0 Å². The predicted molar refractivity (Wildman–Crippen MR) is 86.5 cm³/mol. The number of nitrogens with one attached hydrogen (secondary N) is 1. The minimum atomic E-state index is 0.762. The minimum Gasteiger partial charge on any atom is -0.464 e. The van der Waals surface area contributed by atoms with Crippen molar-refractivity contribution in [2.24, 2.45) is 0 Å². The Hall–Kier alpha value is -1.81. The summed E-state index contributed by atoms with van der Waals surface area (Å²) in [6.07, 6.45) is 3.10. The lowest BCUT2D eigenvalue weighted by molar-refractivity contribution is 0.481. The van der Waals surface area contributed by atoms with Gasteiger partial charge in [-0.15, -0.1) is 0 Å². The van der Waals surface area contributed by atoms with Crippen molar-refractivity contribution in [2.75, 3.05) is 18.5 Å². The Kier molecular flexibility index (Phi) is 5.39. The molecule has 4 heteroatoms. The van der Waals surface area contributed by atoms with Crippen LogP contribution in [0.25, 0.3) is 0 Å². The zero-order valence-electron chi connectivity index (χ0n) is 13.4. The van der Waals surface area contributed by atoms with Crippen molar-refractivity contribution in [2.45, 2.75) is 40.3 Å². The van der Waals surface area contributed by atoms with Crippen molar-refractivity contribution in [1.82, 2.24) is 10.3 Å². The molecule has 0 unspecified atom stereocenters. The molecule has 4 nitrogen and oxygen atoms in total. The van der Waals surface area contributed by atoms with E-state index in [1.807, 2.05) is 32.2 Å². The first kappa shape index (κ1) is 15.6. The molecule has 0 fully saturated rings. The maximum Gasteiger partial charge on any atom is 0.123 e. The van der Waals surface area contributed by atoms with Crippen LogP contribution in [-0.2, 0) is 13.1 Å². The van der Waals surface area contributed by atoms with Gasteiger partial charge in [0.1, 0.15) is 11.5 Å². The zero-order valence-corrected chi connectivity index (χ0v) is 13.4. The second-order valence-corrected chi connectivity index (χ2v) is 5.50. The summed E-state index contributed by atoms with van der Waals surface area (Å²) in [5, 5.41) is 3.44. The van der Waals surface area contributed by atoms with Gasteiger partial charge in [-0.1, -0.05) is 6.92 Å². The summed E-state index contributed by atoms with van der Waals surface area (Å²) in [4.78, 5) is 6.64. The Morgan fingerprint density at radius 2 is 2.10 bits per heavy atom. The van der Waals surface area contributed by atoms with E-state index in [-0.39, 0.29) is 0 Å². The molecule has 21 heavy (non-hydrogen) atoms. The highest BCUT2D eigenvalue weighted by Crippen LogP contribution is 2.22. The lowest BCUT2D eigenvalue weighted by Crippen LogP contribution is -2.21. The van der Waals surface area contributed by atoms with E-state index in [4.69, 9.17) is 4.42 Å². The fraction of sp³-hybridized carbons (Fsp3) is 0.471. The molecular weight excluding hydrogens is 262 g/mol. The lowest BCUT2D eigenvalue weighted by atomic mass is 10.2. The normalized spacial score (nSPS) is 10.9. The van der Waals surface area contributed by atoms with Crippen LogP contribution in [0, 0.1) is 13.8 Å². The van der Waals surface area contributed by atoms with Crippen LogP contribution in [0.15, 0.2) is 28.8 Å². The SMILES string of the molecule is CCCNCc1cnc(C)cc1N(C)Cc1ccc(C)o1. The predicted octanol–water partition coefficient (Wildman–Crippen LogP) is 3.43. The third-order valence-corrected chi connectivity index (χ3v) is 3.44. The second-order valence-electron chi connectivity index (χ2n) is 5.50. The summed E-state index contributed by atoms with van der Waals surface area (Å²) in [7, 11) is 2.09. The molecule has 1 N–H and O–H groups in total. The summed E-state index contributed by atoms with van der Waals surface area (Å²) >= 11 is 0. The molecule has 0 spiro atoms. The van der Waals surface area contributed by atoms with Gasteiger partial charge < -0.3 is 14.6 Å². The summed E-state index contributed by atoms with van der Waals surface area (Å²) in [5.74, 6) is 1.94. The first-order valence-corrected chi connectivity index (χ1v) is 7.53. The standard InChI is InChI=1S/C17H25N3O/c1-5-8-18-10-15-11-19-13(2)9-17(15)20(4)12-16-7-6-14(3)21-16/h6-7,9,11,18H,5,8,10,12H2,1-4H3. The summed E-state index contributed by atoms with van der Waals surface area (Å²) in [5.41, 5.74) is 3.46. The molecule has 0 aromatic carbocycles. The first-order chi connectivity index (χ1) is 10.1. The van der Waals surface area contributed by atoms with E-state index in [1.54, 1.807) is 0 Å². The number of aromatic nitrogens is 1. The van der Waals surface area contributed by atoms with Gasteiger partial charge in [0.2, 0.25) is 0 Å². The quantitative estimate of drug-likeness (QED) is 0.792. The van der Waals surface area contributed by atoms with Gasteiger partial charge in [0.05, 0.1) is 6.54 Å². The van der Waals surface area contributed by atoms with Crippen molar-refractivity contribution in [3.05, 3.63) is 47.2 Å². The third-order valence-electron chi connectivity index (χ3n) is 3.44. The van der Waals surface area contributed by atoms with Gasteiger partial charge in [-0.25, -0.2) is 0 Å². The van der Waals surface area contributed by atoms with Crippen LogP contribution >= 0.6 is 0 Å². The van der Waals surface area contributed by atoms with Gasteiger partial charge in [-0.05, 0) is 45.0 Å². The average Bonchev–Trinajstić information content (AvgIpc) is 2.86. The molecule has 0 aliphatic rings. The number of hydrogen-bond acceptors (Lipinski definition) is 4. The average molecular weight is 287 g/mol. The number of anilines is 1. The lowest BCUT2D eigenvalue weighted by Gasteiger charge is -2.22. The maximum absolute atomic E-state index is 5.67. The van der Waals surface area contributed by atoms with E-state index in [0.717, 1.165) is 43.3 Å². The maximum atomic E-state index is 5.67. The van der Waals surface area contributed by atoms with Crippen molar-refractivity contribution >= 4 is 5.69 Å². The molecule has 0 saturated heterocycles. The molecule has 2 aromatic heterocycles. The number of hydrogen-bond donors (Lipinski definition) is 1. The molecule has 0 atom stereocenters. The fourth-order valence-corrected chi connectivity index (χ4v) is 2.35. The Bertz CT molecular complexity index is 577. The number of pyridine rings is 1. The van der Waals surface area contributed by atoms with Crippen LogP contribution in [0.2, 0.25) is 0 Å². The highest BCUT2D eigenvalue weighted by atomic mass is 16.3. The molecule has 2 heterocycles. The van der Waals surface area contributed by atoms with Gasteiger partial charge in [0.25, 0.3) is 0 Å². The monoisotopic (exact) mass is 287 g/mol. The van der Waals surface area contributed by atoms with E-state index in [0.29, 0.717) is 0 Å². The van der Waals surface area contributed by atoms with Crippen LogP contribution in [0.4, 0.5) is 5.69 Å². The minimum absolute atomic E-state index is 0.762. The third kappa shape index (κ3) is 4.33. The van der Waals surface area contributed by atoms with E-state index in [2.05, 4.69) is 35.2 Å². The Labute approximate surface area is 127 Å². The number of rotatable bonds is 7. The molecular formula is C17H25N3O. The number of nitrogens with zero attached hydrogens (tertiary/aromatic N) is 2. The van der Waals surface area contributed by atoms with Crippen LogP contribution in [0.5, 0.6) is 0 Å². The van der Waals surface area contributed by atoms with E-state index >= 15 is 0 Å².